The summed E-state index contributed by atoms with van der Waals surface area (Å²) in [5.41, 5.74) is 0.684. The van der Waals surface area contributed by atoms with Gasteiger partial charge in [0.2, 0.25) is 9.97 Å². The van der Waals surface area contributed by atoms with Crippen LogP contribution in [0.25, 0.3) is 4.96 Å². The Labute approximate surface area is 130 Å². The first-order chi connectivity index (χ1) is 10.5. The van der Waals surface area contributed by atoms with E-state index in [9.17, 15) is 4.79 Å². The van der Waals surface area contributed by atoms with Gasteiger partial charge in [0.15, 0.2) is 5.82 Å². The highest BCUT2D eigenvalue weighted by molar-refractivity contribution is 7.18. The summed E-state index contributed by atoms with van der Waals surface area (Å²) in [7, 11) is 0. The van der Waals surface area contributed by atoms with Gasteiger partial charge < -0.3 is 10.1 Å². The van der Waals surface area contributed by atoms with Crippen molar-refractivity contribution in [1.29, 1.82) is 0 Å². The van der Waals surface area contributed by atoms with E-state index >= 15 is 0 Å². The molecular formula is C14H15N5O2S. The average molecular weight is 317 g/mol. The van der Waals surface area contributed by atoms with Crippen LogP contribution in [0.4, 0.5) is 5.69 Å². The second-order valence-electron chi connectivity index (χ2n) is 4.99. The third kappa shape index (κ3) is 2.91. The van der Waals surface area contributed by atoms with Crippen LogP contribution in [0.5, 0.6) is 5.75 Å². The number of amides is 1. The smallest absolute Gasteiger partial charge is 0.286 e. The largest absolute Gasteiger partial charge is 0.491 e. The van der Waals surface area contributed by atoms with Gasteiger partial charge in [-0.25, -0.2) is 0 Å². The molecule has 1 N–H and O–H groups in total. The third-order valence-corrected chi connectivity index (χ3v) is 3.72. The van der Waals surface area contributed by atoms with E-state index in [1.807, 2.05) is 26.0 Å². The second-order valence-corrected chi connectivity index (χ2v) is 5.95. The Morgan fingerprint density at radius 3 is 2.64 bits per heavy atom. The molecule has 0 saturated carbocycles. The summed E-state index contributed by atoms with van der Waals surface area (Å²) in [5, 5.41) is 15.2. The lowest BCUT2D eigenvalue weighted by Crippen LogP contribution is -2.12. The maximum Gasteiger partial charge on any atom is 0.286 e. The van der Waals surface area contributed by atoms with E-state index in [2.05, 4.69) is 20.6 Å². The van der Waals surface area contributed by atoms with Crippen molar-refractivity contribution in [1.82, 2.24) is 19.8 Å². The molecule has 0 aliphatic rings. The molecule has 0 saturated heterocycles. The van der Waals surface area contributed by atoms with Crippen molar-refractivity contribution in [2.45, 2.75) is 26.9 Å². The van der Waals surface area contributed by atoms with Gasteiger partial charge in [-0.2, -0.15) is 4.52 Å². The van der Waals surface area contributed by atoms with Gasteiger partial charge >= 0.3 is 0 Å². The van der Waals surface area contributed by atoms with Gasteiger partial charge in [0.1, 0.15) is 5.75 Å². The number of aryl methyl sites for hydroxylation is 1. The van der Waals surface area contributed by atoms with Gasteiger partial charge in [-0.05, 0) is 45.0 Å². The number of aromatic nitrogens is 4. The molecular weight excluding hydrogens is 302 g/mol. The minimum atomic E-state index is -0.271. The molecule has 0 atom stereocenters. The van der Waals surface area contributed by atoms with Gasteiger partial charge in [-0.3, -0.25) is 4.79 Å². The van der Waals surface area contributed by atoms with Gasteiger partial charge in [0, 0.05) is 5.69 Å². The Balaban J connectivity index is 1.73. The average Bonchev–Trinajstić information content (AvgIpc) is 3.03. The Kier molecular flexibility index (Phi) is 3.76. The highest BCUT2D eigenvalue weighted by Crippen LogP contribution is 2.19. The summed E-state index contributed by atoms with van der Waals surface area (Å²) in [6, 6.07) is 7.22. The molecule has 0 bridgehead atoms. The van der Waals surface area contributed by atoms with Crippen LogP contribution >= 0.6 is 11.3 Å². The number of carbonyl (C=O) groups excluding carboxylic acids is 1. The van der Waals surface area contributed by atoms with Crippen LogP contribution in [-0.2, 0) is 0 Å². The minimum Gasteiger partial charge on any atom is -0.491 e. The summed E-state index contributed by atoms with van der Waals surface area (Å²) in [5.74, 6) is 1.15. The van der Waals surface area contributed by atoms with E-state index in [-0.39, 0.29) is 12.0 Å². The minimum absolute atomic E-state index is 0.115. The fraction of sp³-hybridized carbons (Fsp3) is 0.286. The maximum absolute atomic E-state index is 12.2. The van der Waals surface area contributed by atoms with Crippen LogP contribution in [0.2, 0.25) is 0 Å². The van der Waals surface area contributed by atoms with Crippen molar-refractivity contribution < 1.29 is 9.53 Å². The number of hydrogen-bond acceptors (Lipinski definition) is 6. The second kappa shape index (κ2) is 5.72. The molecule has 8 heteroatoms. The van der Waals surface area contributed by atoms with Crippen molar-refractivity contribution in [3.05, 3.63) is 35.1 Å². The number of carbonyl (C=O) groups is 1. The van der Waals surface area contributed by atoms with E-state index in [1.54, 1.807) is 23.6 Å². The molecule has 0 spiro atoms. The lowest BCUT2D eigenvalue weighted by molar-refractivity contribution is 0.102. The summed E-state index contributed by atoms with van der Waals surface area (Å²) < 4.78 is 7.11. The quantitative estimate of drug-likeness (QED) is 0.799. The van der Waals surface area contributed by atoms with E-state index in [1.165, 1.54) is 11.3 Å². The highest BCUT2D eigenvalue weighted by Gasteiger charge is 2.15. The normalized spacial score (nSPS) is 11.1. The maximum atomic E-state index is 12.2. The van der Waals surface area contributed by atoms with E-state index < -0.39 is 0 Å². The molecule has 2 heterocycles. The molecule has 7 nitrogen and oxygen atoms in total. The number of benzene rings is 1. The van der Waals surface area contributed by atoms with Crippen LogP contribution in [0.1, 0.15) is 29.5 Å². The zero-order valence-corrected chi connectivity index (χ0v) is 13.2. The van der Waals surface area contributed by atoms with Gasteiger partial charge in [0.25, 0.3) is 5.91 Å². The Bertz CT molecular complexity index is 806. The Morgan fingerprint density at radius 2 is 2.00 bits per heavy atom. The van der Waals surface area contributed by atoms with Crippen LogP contribution < -0.4 is 10.1 Å². The fourth-order valence-electron chi connectivity index (χ4n) is 1.88. The molecule has 1 amide bonds. The van der Waals surface area contributed by atoms with Crippen molar-refractivity contribution in [2.75, 3.05) is 5.32 Å². The molecule has 0 radical (unpaired) electrons. The summed E-state index contributed by atoms with van der Waals surface area (Å²) >= 11 is 1.20. The van der Waals surface area contributed by atoms with E-state index in [0.29, 0.717) is 21.5 Å². The topological polar surface area (TPSA) is 81.4 Å². The standard InChI is InChI=1S/C14H15N5O2S/c1-8(2)21-11-6-4-10(5-7-11)15-12(20)13-18-19-9(3)16-17-14(19)22-13/h4-8H,1-3H3,(H,15,20). The van der Waals surface area contributed by atoms with Crippen LogP contribution in [-0.4, -0.2) is 31.8 Å². The van der Waals surface area contributed by atoms with Crippen LogP contribution in [0, 0.1) is 6.92 Å². The van der Waals surface area contributed by atoms with Crippen LogP contribution in [0.15, 0.2) is 24.3 Å². The molecule has 0 aliphatic heterocycles. The number of hydrogen-bond donors (Lipinski definition) is 1. The predicted molar refractivity (Wildman–Crippen MR) is 83.6 cm³/mol. The molecule has 0 unspecified atom stereocenters. The van der Waals surface area contributed by atoms with Gasteiger partial charge in [-0.1, -0.05) is 11.3 Å². The zero-order valence-electron chi connectivity index (χ0n) is 12.4. The Morgan fingerprint density at radius 1 is 1.27 bits per heavy atom. The summed E-state index contributed by atoms with van der Waals surface area (Å²) in [6.45, 7) is 5.71. The molecule has 1 aromatic carbocycles. The molecule has 22 heavy (non-hydrogen) atoms. The Hall–Kier alpha value is -2.48. The lowest BCUT2D eigenvalue weighted by Gasteiger charge is -2.10. The zero-order chi connectivity index (χ0) is 15.7. The predicted octanol–water partition coefficient (Wildman–Crippen LogP) is 2.53. The number of anilines is 1. The van der Waals surface area contributed by atoms with Gasteiger partial charge in [0.05, 0.1) is 6.10 Å². The number of fused-ring (bicyclic) bond motifs is 1. The summed E-state index contributed by atoms with van der Waals surface area (Å²) in [6.07, 6.45) is 0.115. The van der Waals surface area contributed by atoms with Gasteiger partial charge in [-0.15, -0.1) is 15.3 Å². The molecule has 3 aromatic rings. The first-order valence-corrected chi connectivity index (χ1v) is 7.61. The first kappa shape index (κ1) is 14.5. The lowest BCUT2D eigenvalue weighted by atomic mass is 10.3. The van der Waals surface area contributed by atoms with Crippen molar-refractivity contribution in [3.8, 4) is 5.75 Å². The monoisotopic (exact) mass is 317 g/mol. The first-order valence-electron chi connectivity index (χ1n) is 6.80. The third-order valence-electron chi connectivity index (χ3n) is 2.82. The molecule has 0 aliphatic carbocycles. The van der Waals surface area contributed by atoms with Crippen molar-refractivity contribution >= 4 is 27.9 Å². The van der Waals surface area contributed by atoms with Crippen molar-refractivity contribution in [3.63, 3.8) is 0 Å². The molecule has 114 valence electrons. The number of nitrogens with one attached hydrogen (secondary N) is 1. The summed E-state index contributed by atoms with van der Waals surface area (Å²) in [4.78, 5) is 12.8. The molecule has 3 rings (SSSR count). The van der Waals surface area contributed by atoms with Crippen molar-refractivity contribution in [2.24, 2.45) is 0 Å². The number of ether oxygens (including phenoxy) is 1. The number of rotatable bonds is 4. The fourth-order valence-corrected chi connectivity index (χ4v) is 2.66. The van der Waals surface area contributed by atoms with E-state index in [0.717, 1.165) is 5.75 Å². The SMILES string of the molecule is Cc1nnc2sc(C(=O)Nc3ccc(OC(C)C)cc3)nn12. The molecule has 2 aromatic heterocycles. The molecule has 0 fully saturated rings. The van der Waals surface area contributed by atoms with E-state index in [4.69, 9.17) is 4.74 Å². The van der Waals surface area contributed by atoms with Crippen LogP contribution in [0.3, 0.4) is 0 Å². The highest BCUT2D eigenvalue weighted by atomic mass is 32.1. The number of nitrogens with zero attached hydrogens (tertiary/aromatic N) is 4.